The van der Waals surface area contributed by atoms with Gasteiger partial charge in [0.25, 0.3) is 11.5 Å². The second-order valence-electron chi connectivity index (χ2n) is 10.2. The second-order valence-corrected chi connectivity index (χ2v) is 10.2. The van der Waals surface area contributed by atoms with Crippen molar-refractivity contribution in [3.05, 3.63) is 54.7 Å². The van der Waals surface area contributed by atoms with Gasteiger partial charge in [0, 0.05) is 25.5 Å². The molecule has 208 valence electrons. The highest BCUT2D eigenvalue weighted by Gasteiger charge is 2.68. The number of hydrogen-bond donors (Lipinski definition) is 2. The Bertz CT molecular complexity index is 1550. The number of alkyl halides is 2. The van der Waals surface area contributed by atoms with E-state index in [1.54, 1.807) is 36.7 Å². The van der Waals surface area contributed by atoms with Crippen LogP contribution in [0.5, 0.6) is 0 Å². The summed E-state index contributed by atoms with van der Waals surface area (Å²) in [5.74, 6) is -5.22. The molecule has 0 saturated carbocycles. The van der Waals surface area contributed by atoms with Crippen LogP contribution in [0.1, 0.15) is 24.6 Å². The molecular formula is C26H27F2N9O3. The first kappa shape index (κ1) is 26.0. The molecule has 0 bridgehead atoms. The van der Waals surface area contributed by atoms with Crippen molar-refractivity contribution in [1.82, 2.24) is 39.7 Å². The molecule has 12 nitrogen and oxygen atoms in total. The number of halogens is 2. The number of carbonyl (C=O) groups excluding carboxylic acids is 1. The molecule has 4 aromatic rings. The van der Waals surface area contributed by atoms with Crippen LogP contribution in [0.25, 0.3) is 22.8 Å². The first-order valence-corrected chi connectivity index (χ1v) is 12.8. The Labute approximate surface area is 227 Å². The lowest BCUT2D eigenvalue weighted by Crippen LogP contribution is -2.46. The molecule has 1 atom stereocenters. The molecule has 0 aliphatic carbocycles. The van der Waals surface area contributed by atoms with Crippen LogP contribution >= 0.6 is 0 Å². The van der Waals surface area contributed by atoms with Gasteiger partial charge in [0.15, 0.2) is 5.76 Å². The summed E-state index contributed by atoms with van der Waals surface area (Å²) < 4.78 is 36.1. The van der Waals surface area contributed by atoms with Gasteiger partial charge in [0.05, 0.1) is 41.6 Å². The predicted molar refractivity (Wildman–Crippen MR) is 139 cm³/mol. The van der Waals surface area contributed by atoms with Gasteiger partial charge in [-0.25, -0.2) is 23.7 Å². The number of anilines is 2. The average Bonchev–Trinajstić information content (AvgIpc) is 3.66. The number of aliphatic hydroxyl groups is 1. The molecular weight excluding hydrogens is 524 g/mol. The molecule has 1 amide bonds. The molecule has 2 fully saturated rings. The van der Waals surface area contributed by atoms with Crippen molar-refractivity contribution < 1.29 is 23.2 Å². The van der Waals surface area contributed by atoms with Crippen molar-refractivity contribution in [2.75, 3.05) is 39.0 Å². The molecule has 14 heteroatoms. The number of carbonyl (C=O) groups is 1. The highest BCUT2D eigenvalue weighted by Crippen LogP contribution is 2.45. The number of amides is 1. The van der Waals surface area contributed by atoms with Gasteiger partial charge in [-0.3, -0.25) is 9.48 Å². The van der Waals surface area contributed by atoms with Crippen LogP contribution in [0.2, 0.25) is 0 Å². The zero-order valence-electron chi connectivity index (χ0n) is 21.8. The quantitative estimate of drug-likeness (QED) is 0.368. The van der Waals surface area contributed by atoms with E-state index in [-0.39, 0.29) is 11.4 Å². The van der Waals surface area contributed by atoms with Crippen molar-refractivity contribution >= 4 is 17.5 Å². The third kappa shape index (κ3) is 4.48. The smallest absolute Gasteiger partial charge is 0.309 e. The van der Waals surface area contributed by atoms with Crippen LogP contribution in [0, 0.1) is 0 Å². The van der Waals surface area contributed by atoms with E-state index >= 15 is 0 Å². The van der Waals surface area contributed by atoms with Gasteiger partial charge < -0.3 is 24.7 Å². The lowest BCUT2D eigenvalue weighted by Gasteiger charge is -2.28. The number of pyridine rings is 1. The first-order chi connectivity index (χ1) is 19.1. The van der Waals surface area contributed by atoms with Gasteiger partial charge >= 0.3 is 5.92 Å². The van der Waals surface area contributed by atoms with Crippen LogP contribution in [-0.4, -0.2) is 90.4 Å². The number of nitrogens with one attached hydrogen (secondary N) is 1. The van der Waals surface area contributed by atoms with Crippen LogP contribution in [0.4, 0.5) is 20.4 Å². The van der Waals surface area contributed by atoms with Crippen LogP contribution in [-0.2, 0) is 10.4 Å². The fourth-order valence-electron chi connectivity index (χ4n) is 5.04. The third-order valence-electron chi connectivity index (χ3n) is 7.34. The SMILES string of the molecule is CN1CCC(n2cc(Nc3nccc(-c4cccc(-c5cc([C@@]6(O)C(=O)N(C)CC6(F)F)on5)n4)n3)cn2)CC1. The summed E-state index contributed by atoms with van der Waals surface area (Å²) in [5.41, 5.74) is -1.05. The van der Waals surface area contributed by atoms with E-state index in [4.69, 9.17) is 4.52 Å². The average molecular weight is 552 g/mol. The Kier molecular flexibility index (Phi) is 6.30. The number of likely N-dealkylation sites (tertiary alicyclic amines) is 2. The minimum Gasteiger partial charge on any atom is -0.368 e. The van der Waals surface area contributed by atoms with Crippen LogP contribution in [0.15, 0.2) is 53.4 Å². The number of hydrogen-bond acceptors (Lipinski definition) is 10. The summed E-state index contributed by atoms with van der Waals surface area (Å²) >= 11 is 0. The monoisotopic (exact) mass is 551 g/mol. The highest BCUT2D eigenvalue weighted by molar-refractivity contribution is 5.89. The zero-order valence-corrected chi connectivity index (χ0v) is 21.8. The van der Waals surface area contributed by atoms with Crippen LogP contribution < -0.4 is 5.32 Å². The summed E-state index contributed by atoms with van der Waals surface area (Å²) in [5, 5.41) is 22.1. The number of likely N-dealkylation sites (N-methyl/N-ethyl adjacent to an activating group) is 1. The number of nitrogens with zero attached hydrogens (tertiary/aromatic N) is 8. The van der Waals surface area contributed by atoms with Gasteiger partial charge in [0.1, 0.15) is 5.69 Å². The minimum atomic E-state index is -3.75. The summed E-state index contributed by atoms with van der Waals surface area (Å²) in [7, 11) is 3.30. The molecule has 0 unspecified atom stereocenters. The Morgan fingerprint density at radius 2 is 1.80 bits per heavy atom. The maximum absolute atomic E-state index is 14.5. The van der Waals surface area contributed by atoms with Gasteiger partial charge in [-0.15, -0.1) is 0 Å². The molecule has 0 spiro atoms. The number of piperidine rings is 1. The fourth-order valence-corrected chi connectivity index (χ4v) is 5.04. The highest BCUT2D eigenvalue weighted by atomic mass is 19.3. The Balaban J connectivity index is 1.21. The lowest BCUT2D eigenvalue weighted by molar-refractivity contribution is -0.179. The standard InChI is InChI=1S/C26H27F2N9O3/c1-35-10-7-17(8-11-35)37-14-16(13-30-37)31-24-29-9-6-20(33-24)18-4-3-5-19(32-18)21-12-22(40-34-21)26(39)23(38)36(2)15-25(26,27)28/h3-6,9,12-14,17,39H,7-8,10-11,15H2,1-2H3,(H,29,31,33)/t26-/m1/s1. The normalized spacial score (nSPS) is 21.7. The fraction of sp³-hybridized carbons (Fsp3) is 0.385. The predicted octanol–water partition coefficient (Wildman–Crippen LogP) is 2.70. The summed E-state index contributed by atoms with van der Waals surface area (Å²) in [6.45, 7) is 1.13. The molecule has 2 saturated heterocycles. The molecule has 4 aromatic heterocycles. The molecule has 6 heterocycles. The second kappa shape index (κ2) is 9.71. The van der Waals surface area contributed by atoms with E-state index in [1.807, 2.05) is 10.9 Å². The molecule has 2 aliphatic rings. The molecule has 6 rings (SSSR count). The van der Waals surface area contributed by atoms with Crippen molar-refractivity contribution in [2.24, 2.45) is 0 Å². The molecule has 0 radical (unpaired) electrons. The maximum atomic E-state index is 14.5. The third-order valence-corrected chi connectivity index (χ3v) is 7.34. The van der Waals surface area contributed by atoms with Crippen molar-refractivity contribution in [3.63, 3.8) is 0 Å². The van der Waals surface area contributed by atoms with E-state index in [1.165, 1.54) is 7.05 Å². The summed E-state index contributed by atoms with van der Waals surface area (Å²) in [6, 6.07) is 8.17. The number of rotatable bonds is 6. The van der Waals surface area contributed by atoms with Gasteiger partial charge in [-0.1, -0.05) is 11.2 Å². The van der Waals surface area contributed by atoms with Crippen molar-refractivity contribution in [2.45, 2.75) is 30.4 Å². The van der Waals surface area contributed by atoms with Crippen molar-refractivity contribution in [3.8, 4) is 22.8 Å². The first-order valence-electron chi connectivity index (χ1n) is 12.8. The minimum absolute atomic E-state index is 0.0807. The Morgan fingerprint density at radius 1 is 1.07 bits per heavy atom. The Morgan fingerprint density at radius 3 is 2.52 bits per heavy atom. The van der Waals surface area contributed by atoms with E-state index in [0.29, 0.717) is 23.4 Å². The topological polar surface area (TPSA) is 138 Å². The van der Waals surface area contributed by atoms with E-state index in [2.05, 4.69) is 42.5 Å². The van der Waals surface area contributed by atoms with Gasteiger partial charge in [-0.2, -0.15) is 5.10 Å². The van der Waals surface area contributed by atoms with E-state index in [9.17, 15) is 18.7 Å². The van der Waals surface area contributed by atoms with Crippen molar-refractivity contribution in [1.29, 1.82) is 0 Å². The largest absolute Gasteiger partial charge is 0.368 e. The molecule has 2 aliphatic heterocycles. The number of aromatic nitrogens is 6. The van der Waals surface area contributed by atoms with Gasteiger partial charge in [-0.05, 0) is 51.2 Å². The lowest BCUT2D eigenvalue weighted by atomic mass is 9.95. The Hall–Kier alpha value is -4.30. The summed E-state index contributed by atoms with van der Waals surface area (Å²) in [6.07, 6.45) is 7.34. The van der Waals surface area contributed by atoms with Gasteiger partial charge in [0.2, 0.25) is 5.95 Å². The van der Waals surface area contributed by atoms with E-state index < -0.39 is 29.7 Å². The zero-order chi connectivity index (χ0) is 28.1. The summed E-state index contributed by atoms with van der Waals surface area (Å²) in [4.78, 5) is 28.8. The maximum Gasteiger partial charge on any atom is 0.309 e. The molecule has 0 aromatic carbocycles. The molecule has 2 N–H and O–H groups in total. The molecule has 40 heavy (non-hydrogen) atoms. The van der Waals surface area contributed by atoms with E-state index in [0.717, 1.165) is 42.6 Å². The van der Waals surface area contributed by atoms with Crippen LogP contribution in [0.3, 0.4) is 0 Å².